The molecule has 2 saturated heterocycles. The number of hydrogen-bond acceptors (Lipinski definition) is 2. The van der Waals surface area contributed by atoms with Crippen LogP contribution in [0.25, 0.3) is 0 Å². The molecular weight excluding hydrogens is 178 g/mol. The highest BCUT2D eigenvalue weighted by Crippen LogP contribution is 2.13. The van der Waals surface area contributed by atoms with Crippen LogP contribution < -0.4 is 10.6 Å². The van der Waals surface area contributed by atoms with E-state index < -0.39 is 0 Å². The van der Waals surface area contributed by atoms with Crippen molar-refractivity contribution in [3.63, 3.8) is 0 Å². The minimum atomic E-state index is -0.00543. The van der Waals surface area contributed by atoms with Crippen molar-refractivity contribution in [3.8, 4) is 0 Å². The zero-order chi connectivity index (χ0) is 10.0. The number of carbonyl (C=O) groups is 1. The molecule has 4 nitrogen and oxygen atoms in total. The molecule has 4 heteroatoms. The third kappa shape index (κ3) is 2.00. The Kier molecular flexibility index (Phi) is 2.63. The molecule has 2 heterocycles. The monoisotopic (exact) mass is 197 g/mol. The summed E-state index contributed by atoms with van der Waals surface area (Å²) in [5.41, 5.74) is -0.00543. The molecule has 0 radical (unpaired) electrons. The van der Waals surface area contributed by atoms with Crippen LogP contribution in [0, 0.1) is 0 Å². The molecule has 0 aromatic carbocycles. The second-order valence-corrected chi connectivity index (χ2v) is 4.64. The van der Waals surface area contributed by atoms with E-state index >= 15 is 0 Å². The minimum Gasteiger partial charge on any atom is -0.330 e. The third-order valence-corrected chi connectivity index (χ3v) is 3.08. The molecule has 0 spiro atoms. The molecule has 0 unspecified atom stereocenters. The predicted octanol–water partition coefficient (Wildman–Crippen LogP) is 0.544. The maximum Gasteiger partial charge on any atom is 0.317 e. The van der Waals surface area contributed by atoms with Crippen LogP contribution in [-0.4, -0.2) is 42.6 Å². The Hall–Kier alpha value is -0.770. The summed E-state index contributed by atoms with van der Waals surface area (Å²) in [5, 5.41) is 6.26. The second-order valence-electron chi connectivity index (χ2n) is 4.64. The molecule has 0 aromatic rings. The molecular formula is C10H19N3O. The number of rotatable bonds is 1. The van der Waals surface area contributed by atoms with Crippen molar-refractivity contribution in [2.24, 2.45) is 0 Å². The van der Waals surface area contributed by atoms with Crippen molar-refractivity contribution in [1.29, 1.82) is 0 Å². The average Bonchev–Trinajstić information content (AvgIpc) is 2.17. The molecule has 0 aliphatic carbocycles. The van der Waals surface area contributed by atoms with Gasteiger partial charge in [-0.05, 0) is 26.2 Å². The van der Waals surface area contributed by atoms with Crippen molar-refractivity contribution in [1.82, 2.24) is 15.5 Å². The Morgan fingerprint density at radius 1 is 1.29 bits per heavy atom. The molecule has 0 atom stereocenters. The van der Waals surface area contributed by atoms with E-state index in [0.717, 1.165) is 39.0 Å². The third-order valence-electron chi connectivity index (χ3n) is 3.08. The van der Waals surface area contributed by atoms with Gasteiger partial charge in [0.25, 0.3) is 0 Å². The molecule has 2 N–H and O–H groups in total. The predicted molar refractivity (Wildman–Crippen MR) is 55.2 cm³/mol. The number of amides is 2. The van der Waals surface area contributed by atoms with Gasteiger partial charge in [0.2, 0.25) is 0 Å². The number of hydrogen-bond donors (Lipinski definition) is 2. The molecule has 2 fully saturated rings. The summed E-state index contributed by atoms with van der Waals surface area (Å²) in [5.74, 6) is 0. The highest BCUT2D eigenvalue weighted by atomic mass is 16.2. The number of urea groups is 1. The summed E-state index contributed by atoms with van der Waals surface area (Å²) in [6.45, 7) is 5.73. The van der Waals surface area contributed by atoms with Gasteiger partial charge in [-0.15, -0.1) is 0 Å². The van der Waals surface area contributed by atoms with Gasteiger partial charge < -0.3 is 15.5 Å². The second kappa shape index (κ2) is 3.77. The average molecular weight is 197 g/mol. The number of likely N-dealkylation sites (tertiary alicyclic amines) is 1. The summed E-state index contributed by atoms with van der Waals surface area (Å²) in [7, 11) is 0. The lowest BCUT2D eigenvalue weighted by molar-refractivity contribution is 0.160. The van der Waals surface area contributed by atoms with E-state index in [0.29, 0.717) is 0 Å². The Bertz CT molecular complexity index is 219. The minimum absolute atomic E-state index is 0.00543. The largest absolute Gasteiger partial charge is 0.330 e. The Labute approximate surface area is 85.0 Å². The van der Waals surface area contributed by atoms with Crippen LogP contribution in [0.5, 0.6) is 0 Å². The van der Waals surface area contributed by atoms with Crippen LogP contribution in [0.4, 0.5) is 4.79 Å². The van der Waals surface area contributed by atoms with Crippen molar-refractivity contribution in [2.75, 3.05) is 26.2 Å². The standard InChI is InChI=1S/C10H19N3O/c1-10(7-11-8-10)12-9(14)13-5-3-2-4-6-13/h11H,2-8H2,1H3,(H,12,14). The zero-order valence-electron chi connectivity index (χ0n) is 8.81. The normalized spacial score (nSPS) is 25.4. The number of nitrogens with zero attached hydrogens (tertiary/aromatic N) is 1. The van der Waals surface area contributed by atoms with Gasteiger partial charge in [0.15, 0.2) is 0 Å². The van der Waals surface area contributed by atoms with Crippen LogP contribution in [0.1, 0.15) is 26.2 Å². The highest BCUT2D eigenvalue weighted by molar-refractivity contribution is 5.75. The Morgan fingerprint density at radius 3 is 2.43 bits per heavy atom. The molecule has 2 amide bonds. The molecule has 14 heavy (non-hydrogen) atoms. The molecule has 0 saturated carbocycles. The van der Waals surface area contributed by atoms with E-state index in [1.54, 1.807) is 0 Å². The fourth-order valence-electron chi connectivity index (χ4n) is 2.02. The van der Waals surface area contributed by atoms with Crippen molar-refractivity contribution >= 4 is 6.03 Å². The zero-order valence-corrected chi connectivity index (χ0v) is 8.81. The lowest BCUT2D eigenvalue weighted by Gasteiger charge is -2.41. The van der Waals surface area contributed by atoms with Gasteiger partial charge in [-0.2, -0.15) is 0 Å². The smallest absolute Gasteiger partial charge is 0.317 e. The lowest BCUT2D eigenvalue weighted by Crippen LogP contribution is -2.68. The van der Waals surface area contributed by atoms with Crippen molar-refractivity contribution < 1.29 is 4.79 Å². The lowest BCUT2D eigenvalue weighted by atomic mass is 9.95. The van der Waals surface area contributed by atoms with Crippen molar-refractivity contribution in [2.45, 2.75) is 31.7 Å². The van der Waals surface area contributed by atoms with E-state index in [-0.39, 0.29) is 11.6 Å². The van der Waals surface area contributed by atoms with Crippen molar-refractivity contribution in [3.05, 3.63) is 0 Å². The summed E-state index contributed by atoms with van der Waals surface area (Å²) in [6, 6.07) is 0.119. The Balaban J connectivity index is 1.81. The maximum absolute atomic E-state index is 11.8. The summed E-state index contributed by atoms with van der Waals surface area (Å²) in [4.78, 5) is 13.7. The fraction of sp³-hybridized carbons (Fsp3) is 0.900. The van der Waals surface area contributed by atoms with Gasteiger partial charge >= 0.3 is 6.03 Å². The van der Waals surface area contributed by atoms with E-state index in [2.05, 4.69) is 17.6 Å². The Morgan fingerprint density at radius 2 is 1.93 bits per heavy atom. The molecule has 2 aliphatic heterocycles. The summed E-state index contributed by atoms with van der Waals surface area (Å²) < 4.78 is 0. The fourth-order valence-corrected chi connectivity index (χ4v) is 2.02. The quantitative estimate of drug-likeness (QED) is 0.644. The van der Waals surface area contributed by atoms with E-state index in [9.17, 15) is 4.79 Å². The van der Waals surface area contributed by atoms with E-state index in [1.165, 1.54) is 6.42 Å². The maximum atomic E-state index is 11.8. The highest BCUT2D eigenvalue weighted by Gasteiger charge is 2.34. The molecule has 0 aromatic heterocycles. The molecule has 2 rings (SSSR count). The summed E-state index contributed by atoms with van der Waals surface area (Å²) >= 11 is 0. The molecule has 2 aliphatic rings. The SMILES string of the molecule is CC1(NC(=O)N2CCCCC2)CNC1. The summed E-state index contributed by atoms with van der Waals surface area (Å²) in [6.07, 6.45) is 3.58. The first-order chi connectivity index (χ1) is 6.70. The van der Waals surface area contributed by atoms with Gasteiger partial charge in [0.1, 0.15) is 0 Å². The first kappa shape index (κ1) is 9.77. The van der Waals surface area contributed by atoms with Gasteiger partial charge in [-0.1, -0.05) is 0 Å². The number of carbonyl (C=O) groups excluding carboxylic acids is 1. The van der Waals surface area contributed by atoms with E-state index in [4.69, 9.17) is 0 Å². The van der Waals surface area contributed by atoms with Gasteiger partial charge in [0.05, 0.1) is 5.54 Å². The topological polar surface area (TPSA) is 44.4 Å². The van der Waals surface area contributed by atoms with Crippen LogP contribution in [0.2, 0.25) is 0 Å². The van der Waals surface area contributed by atoms with Crippen LogP contribution in [-0.2, 0) is 0 Å². The van der Waals surface area contributed by atoms with Crippen LogP contribution in [0.3, 0.4) is 0 Å². The van der Waals surface area contributed by atoms with Gasteiger partial charge in [-0.25, -0.2) is 4.79 Å². The van der Waals surface area contributed by atoms with Gasteiger partial charge in [-0.3, -0.25) is 0 Å². The van der Waals surface area contributed by atoms with Crippen LogP contribution in [0.15, 0.2) is 0 Å². The number of piperidine rings is 1. The first-order valence-corrected chi connectivity index (χ1v) is 5.47. The van der Waals surface area contributed by atoms with Crippen LogP contribution >= 0.6 is 0 Å². The van der Waals surface area contributed by atoms with Gasteiger partial charge in [0, 0.05) is 26.2 Å². The molecule has 80 valence electrons. The first-order valence-electron chi connectivity index (χ1n) is 5.47. The molecule has 0 bridgehead atoms. The van der Waals surface area contributed by atoms with E-state index in [1.807, 2.05) is 4.90 Å². The number of nitrogens with one attached hydrogen (secondary N) is 2.